The van der Waals surface area contributed by atoms with E-state index in [-0.39, 0.29) is 10.9 Å². The van der Waals surface area contributed by atoms with Gasteiger partial charge in [0.05, 0.1) is 10.9 Å². The molecule has 3 rings (SSSR count). The predicted molar refractivity (Wildman–Crippen MR) is 83.3 cm³/mol. The molecule has 0 radical (unpaired) electrons. The number of thiophene rings is 1. The third-order valence-electron chi connectivity index (χ3n) is 3.74. The first-order valence-electron chi connectivity index (χ1n) is 7.18. The minimum atomic E-state index is -4.81. The molecule has 0 bridgehead atoms. The van der Waals surface area contributed by atoms with E-state index in [9.17, 15) is 21.6 Å². The zero-order chi connectivity index (χ0) is 17.4. The number of hydrogen-bond acceptors (Lipinski definition) is 4. The molecule has 0 saturated carbocycles. The first-order valence-corrected chi connectivity index (χ1v) is 9.50. The normalized spacial score (nSPS) is 19.5. The standard InChI is InChI=1S/C15H14F3NO3S2/c16-15(17,18)22-11-5-7-12(8-6-11)24(20,21)19-9-1-3-13(19)14-4-2-10-23-14/h2,4-8,10,13H,1,3,9H2/t13-/m1/s1. The first-order chi connectivity index (χ1) is 11.3. The van der Waals surface area contributed by atoms with Gasteiger partial charge < -0.3 is 4.74 Å². The van der Waals surface area contributed by atoms with Gasteiger partial charge in [0, 0.05) is 11.4 Å². The van der Waals surface area contributed by atoms with Crippen LogP contribution in [-0.2, 0) is 10.0 Å². The molecule has 1 aromatic carbocycles. The third kappa shape index (κ3) is 3.57. The van der Waals surface area contributed by atoms with Gasteiger partial charge in [-0.2, -0.15) is 4.31 Å². The van der Waals surface area contributed by atoms with Crippen LogP contribution in [0.3, 0.4) is 0 Å². The molecule has 2 heterocycles. The Labute approximate surface area is 141 Å². The molecule has 0 N–H and O–H groups in total. The second-order valence-corrected chi connectivity index (χ2v) is 8.18. The van der Waals surface area contributed by atoms with Crippen LogP contribution >= 0.6 is 11.3 Å². The average molecular weight is 377 g/mol. The molecular weight excluding hydrogens is 363 g/mol. The number of ether oxygens (including phenoxy) is 1. The molecule has 1 aromatic heterocycles. The number of benzene rings is 1. The van der Waals surface area contributed by atoms with Crippen molar-refractivity contribution in [2.45, 2.75) is 30.1 Å². The lowest BCUT2D eigenvalue weighted by Crippen LogP contribution is -2.30. The van der Waals surface area contributed by atoms with Crippen LogP contribution in [0.2, 0.25) is 0 Å². The van der Waals surface area contributed by atoms with Crippen molar-refractivity contribution in [3.63, 3.8) is 0 Å². The maximum absolute atomic E-state index is 12.8. The first kappa shape index (κ1) is 17.2. The smallest absolute Gasteiger partial charge is 0.406 e. The lowest BCUT2D eigenvalue weighted by atomic mass is 10.2. The number of hydrogen-bond donors (Lipinski definition) is 0. The van der Waals surface area contributed by atoms with Crippen molar-refractivity contribution < 1.29 is 26.3 Å². The fourth-order valence-corrected chi connectivity index (χ4v) is 5.36. The van der Waals surface area contributed by atoms with E-state index in [0.29, 0.717) is 6.54 Å². The van der Waals surface area contributed by atoms with Crippen LogP contribution in [0.15, 0.2) is 46.7 Å². The number of rotatable bonds is 4. The van der Waals surface area contributed by atoms with E-state index in [2.05, 4.69) is 4.74 Å². The predicted octanol–water partition coefficient (Wildman–Crippen LogP) is 4.17. The lowest BCUT2D eigenvalue weighted by molar-refractivity contribution is -0.274. The molecule has 24 heavy (non-hydrogen) atoms. The Bertz CT molecular complexity index is 786. The maximum atomic E-state index is 12.8. The van der Waals surface area contributed by atoms with Gasteiger partial charge in [-0.25, -0.2) is 8.42 Å². The van der Waals surface area contributed by atoms with E-state index < -0.39 is 22.1 Å². The Hall–Kier alpha value is -1.58. The molecule has 1 aliphatic heterocycles. The number of halogens is 3. The van der Waals surface area contributed by atoms with Crippen molar-refractivity contribution >= 4 is 21.4 Å². The van der Waals surface area contributed by atoms with Gasteiger partial charge in [0.25, 0.3) is 0 Å². The van der Waals surface area contributed by atoms with Crippen LogP contribution in [-0.4, -0.2) is 25.6 Å². The molecule has 0 unspecified atom stereocenters. The summed E-state index contributed by atoms with van der Waals surface area (Å²) in [6, 6.07) is 7.84. The van der Waals surface area contributed by atoms with Crippen molar-refractivity contribution in [3.05, 3.63) is 46.7 Å². The fourth-order valence-electron chi connectivity index (χ4n) is 2.74. The van der Waals surface area contributed by atoms with Crippen LogP contribution < -0.4 is 4.74 Å². The van der Waals surface area contributed by atoms with Gasteiger partial charge in [0.15, 0.2) is 0 Å². The van der Waals surface area contributed by atoms with Crippen molar-refractivity contribution in [2.24, 2.45) is 0 Å². The summed E-state index contributed by atoms with van der Waals surface area (Å²) < 4.78 is 67.3. The largest absolute Gasteiger partial charge is 0.573 e. The van der Waals surface area contributed by atoms with Gasteiger partial charge in [0.2, 0.25) is 10.0 Å². The van der Waals surface area contributed by atoms with E-state index in [4.69, 9.17) is 0 Å². The van der Waals surface area contributed by atoms with Gasteiger partial charge in [-0.05, 0) is 48.6 Å². The molecule has 0 aliphatic carbocycles. The molecule has 130 valence electrons. The fraction of sp³-hybridized carbons (Fsp3) is 0.333. The van der Waals surface area contributed by atoms with Crippen molar-refractivity contribution in [1.82, 2.24) is 4.31 Å². The molecule has 1 atom stereocenters. The molecule has 2 aromatic rings. The summed E-state index contributed by atoms with van der Waals surface area (Å²) in [7, 11) is -3.77. The van der Waals surface area contributed by atoms with E-state index in [0.717, 1.165) is 42.0 Å². The minimum Gasteiger partial charge on any atom is -0.406 e. The van der Waals surface area contributed by atoms with E-state index >= 15 is 0 Å². The summed E-state index contributed by atoms with van der Waals surface area (Å²) in [4.78, 5) is 0.925. The molecule has 4 nitrogen and oxygen atoms in total. The van der Waals surface area contributed by atoms with Crippen LogP contribution in [0.4, 0.5) is 13.2 Å². The zero-order valence-electron chi connectivity index (χ0n) is 12.4. The van der Waals surface area contributed by atoms with E-state index in [1.807, 2.05) is 17.5 Å². The molecule has 1 saturated heterocycles. The van der Waals surface area contributed by atoms with Crippen LogP contribution in [0.5, 0.6) is 5.75 Å². The maximum Gasteiger partial charge on any atom is 0.573 e. The second kappa shape index (κ2) is 6.38. The molecule has 1 aliphatic rings. The minimum absolute atomic E-state index is 0.0412. The quantitative estimate of drug-likeness (QED) is 0.803. The summed E-state index contributed by atoms with van der Waals surface area (Å²) >= 11 is 1.49. The van der Waals surface area contributed by atoms with Gasteiger partial charge >= 0.3 is 6.36 Å². The van der Waals surface area contributed by atoms with Gasteiger partial charge in [-0.1, -0.05) is 6.07 Å². The lowest BCUT2D eigenvalue weighted by Gasteiger charge is -2.23. The molecular formula is C15H14F3NO3S2. The van der Waals surface area contributed by atoms with Gasteiger partial charge in [-0.15, -0.1) is 24.5 Å². The third-order valence-corrected chi connectivity index (χ3v) is 6.64. The summed E-state index contributed by atoms with van der Waals surface area (Å²) in [5.41, 5.74) is 0. The number of nitrogens with zero attached hydrogens (tertiary/aromatic N) is 1. The Kier molecular flexibility index (Phi) is 4.58. The Morgan fingerprint density at radius 1 is 1.17 bits per heavy atom. The SMILES string of the molecule is O=S(=O)(c1ccc(OC(F)(F)F)cc1)N1CCC[C@@H]1c1cccs1. The topological polar surface area (TPSA) is 46.6 Å². The van der Waals surface area contributed by atoms with Crippen LogP contribution in [0, 0.1) is 0 Å². The summed E-state index contributed by atoms with van der Waals surface area (Å²) in [5.74, 6) is -0.447. The second-order valence-electron chi connectivity index (χ2n) is 5.31. The molecule has 9 heteroatoms. The monoisotopic (exact) mass is 377 g/mol. The average Bonchev–Trinajstić information content (AvgIpc) is 3.17. The number of alkyl halides is 3. The summed E-state index contributed by atoms with van der Waals surface area (Å²) in [6.07, 6.45) is -3.33. The van der Waals surface area contributed by atoms with Crippen LogP contribution in [0.25, 0.3) is 0 Å². The summed E-state index contributed by atoms with van der Waals surface area (Å²) in [5, 5.41) is 1.89. The van der Waals surface area contributed by atoms with Crippen molar-refractivity contribution in [1.29, 1.82) is 0 Å². The number of sulfonamides is 1. The highest BCUT2D eigenvalue weighted by Gasteiger charge is 2.37. The highest BCUT2D eigenvalue weighted by molar-refractivity contribution is 7.89. The highest BCUT2D eigenvalue weighted by Crippen LogP contribution is 2.38. The Morgan fingerprint density at radius 3 is 2.46 bits per heavy atom. The van der Waals surface area contributed by atoms with Crippen molar-refractivity contribution in [3.8, 4) is 5.75 Å². The van der Waals surface area contributed by atoms with E-state index in [1.165, 1.54) is 15.6 Å². The molecule has 0 spiro atoms. The van der Waals surface area contributed by atoms with Gasteiger partial charge in [0.1, 0.15) is 5.75 Å². The molecule has 1 fully saturated rings. The Morgan fingerprint density at radius 2 is 1.88 bits per heavy atom. The van der Waals surface area contributed by atoms with E-state index in [1.54, 1.807) is 0 Å². The molecule has 0 amide bonds. The van der Waals surface area contributed by atoms with Crippen molar-refractivity contribution in [2.75, 3.05) is 6.54 Å². The van der Waals surface area contributed by atoms with Crippen LogP contribution in [0.1, 0.15) is 23.8 Å². The zero-order valence-corrected chi connectivity index (χ0v) is 14.0. The van der Waals surface area contributed by atoms with Gasteiger partial charge in [-0.3, -0.25) is 0 Å². The summed E-state index contributed by atoms with van der Waals surface area (Å²) in [6.45, 7) is 0.395. The Balaban J connectivity index is 1.85. The highest BCUT2D eigenvalue weighted by atomic mass is 32.2.